The second kappa shape index (κ2) is 5.22. The van der Waals surface area contributed by atoms with Gasteiger partial charge in [-0.05, 0) is 25.7 Å². The molecule has 0 radical (unpaired) electrons. The van der Waals surface area contributed by atoms with Crippen LogP contribution in [0.25, 0.3) is 11.0 Å². The minimum atomic E-state index is 0.364. The van der Waals surface area contributed by atoms with E-state index in [0.29, 0.717) is 25.2 Å². The number of nitrogens with one attached hydrogen (secondary N) is 1. The average molecular weight is 287 g/mol. The van der Waals surface area contributed by atoms with Crippen LogP contribution in [0.15, 0.2) is 12.1 Å². The molecule has 2 heterocycles. The summed E-state index contributed by atoms with van der Waals surface area (Å²) >= 11 is 0. The van der Waals surface area contributed by atoms with Gasteiger partial charge in [-0.15, -0.1) is 0 Å². The molecule has 0 bridgehead atoms. The van der Waals surface area contributed by atoms with Crippen LogP contribution in [0.2, 0.25) is 0 Å². The summed E-state index contributed by atoms with van der Waals surface area (Å²) in [6.07, 6.45) is 5.33. The molecule has 0 atom stereocenters. The number of H-pyrrole nitrogens is 1. The number of hydrogen-bond donors (Lipinski definition) is 2. The molecule has 2 aliphatic rings. The Morgan fingerprint density at radius 3 is 2.52 bits per heavy atom. The summed E-state index contributed by atoms with van der Waals surface area (Å²) in [6.45, 7) is 1.41. The Bertz CT molecular complexity index is 601. The molecule has 3 N–H and O–H groups in total. The molecule has 1 aromatic heterocycles. The monoisotopic (exact) mass is 287 g/mol. The minimum absolute atomic E-state index is 0.364. The molecule has 4 rings (SSSR count). The molecule has 112 valence electrons. The molecule has 1 saturated carbocycles. The molecule has 1 fully saturated rings. The summed E-state index contributed by atoms with van der Waals surface area (Å²) in [5.74, 6) is 3.21. The number of nitrogens with zero attached hydrogens (tertiary/aromatic N) is 1. The van der Waals surface area contributed by atoms with Crippen molar-refractivity contribution in [3.8, 4) is 11.5 Å². The topological polar surface area (TPSA) is 73.2 Å². The smallest absolute Gasteiger partial charge is 0.163 e. The van der Waals surface area contributed by atoms with Gasteiger partial charge in [0.15, 0.2) is 11.5 Å². The highest BCUT2D eigenvalue weighted by atomic mass is 16.5. The van der Waals surface area contributed by atoms with Crippen LogP contribution in [0.3, 0.4) is 0 Å². The van der Waals surface area contributed by atoms with E-state index in [-0.39, 0.29) is 0 Å². The fourth-order valence-corrected chi connectivity index (χ4v) is 3.27. The second-order valence-corrected chi connectivity index (χ2v) is 6.10. The van der Waals surface area contributed by atoms with Crippen molar-refractivity contribution in [1.82, 2.24) is 9.97 Å². The molecule has 0 amide bonds. The maximum atomic E-state index is 5.98. The molecule has 1 aliphatic carbocycles. The number of imidazole rings is 1. The first-order valence-corrected chi connectivity index (χ1v) is 7.84. The van der Waals surface area contributed by atoms with E-state index in [9.17, 15) is 0 Å². The lowest BCUT2D eigenvalue weighted by atomic mass is 9.86. The molecule has 2 aromatic rings. The van der Waals surface area contributed by atoms with Crippen LogP contribution in [-0.2, 0) is 0 Å². The normalized spacial score (nSPS) is 25.8. The van der Waals surface area contributed by atoms with Crippen molar-refractivity contribution in [1.29, 1.82) is 0 Å². The van der Waals surface area contributed by atoms with Gasteiger partial charge in [0.1, 0.15) is 5.82 Å². The molecule has 0 unspecified atom stereocenters. The summed E-state index contributed by atoms with van der Waals surface area (Å²) in [5.41, 5.74) is 7.98. The Kier molecular flexibility index (Phi) is 3.22. The van der Waals surface area contributed by atoms with Crippen LogP contribution >= 0.6 is 0 Å². The molecule has 0 saturated heterocycles. The van der Waals surface area contributed by atoms with E-state index in [0.717, 1.165) is 60.5 Å². The SMILES string of the molecule is NC1CCC(c2nc3cc4c(cc3[nH]2)OCCCO4)CC1. The maximum absolute atomic E-state index is 5.98. The van der Waals surface area contributed by atoms with Gasteiger partial charge in [0.25, 0.3) is 0 Å². The molecule has 5 heteroatoms. The third kappa shape index (κ3) is 2.46. The van der Waals surface area contributed by atoms with Crippen LogP contribution in [-0.4, -0.2) is 29.2 Å². The van der Waals surface area contributed by atoms with Gasteiger partial charge in [-0.3, -0.25) is 0 Å². The van der Waals surface area contributed by atoms with Gasteiger partial charge in [-0.25, -0.2) is 4.98 Å². The highest BCUT2D eigenvalue weighted by Crippen LogP contribution is 2.36. The van der Waals surface area contributed by atoms with Gasteiger partial charge < -0.3 is 20.2 Å². The summed E-state index contributed by atoms with van der Waals surface area (Å²) < 4.78 is 11.5. The molecule has 0 spiro atoms. The number of ether oxygens (including phenoxy) is 2. The summed E-state index contributed by atoms with van der Waals surface area (Å²) in [7, 11) is 0. The molecule has 21 heavy (non-hydrogen) atoms. The van der Waals surface area contributed by atoms with Crippen LogP contribution in [0.4, 0.5) is 0 Å². The van der Waals surface area contributed by atoms with E-state index in [4.69, 9.17) is 20.2 Å². The van der Waals surface area contributed by atoms with Crippen molar-refractivity contribution in [2.24, 2.45) is 5.73 Å². The van der Waals surface area contributed by atoms with Crippen LogP contribution in [0.1, 0.15) is 43.8 Å². The van der Waals surface area contributed by atoms with Crippen molar-refractivity contribution >= 4 is 11.0 Å². The lowest BCUT2D eigenvalue weighted by molar-refractivity contribution is 0.297. The summed E-state index contributed by atoms with van der Waals surface area (Å²) in [6, 6.07) is 4.37. The van der Waals surface area contributed by atoms with Crippen molar-refractivity contribution in [2.75, 3.05) is 13.2 Å². The number of aromatic amines is 1. The average Bonchev–Trinajstić information content (AvgIpc) is 2.76. The lowest BCUT2D eigenvalue weighted by Crippen LogP contribution is -2.26. The highest BCUT2D eigenvalue weighted by Gasteiger charge is 2.23. The summed E-state index contributed by atoms with van der Waals surface area (Å²) in [5, 5.41) is 0. The van der Waals surface area contributed by atoms with E-state index < -0.39 is 0 Å². The number of rotatable bonds is 1. The van der Waals surface area contributed by atoms with Gasteiger partial charge in [0.05, 0.1) is 24.2 Å². The molecule has 1 aliphatic heterocycles. The highest BCUT2D eigenvalue weighted by molar-refractivity contribution is 5.80. The van der Waals surface area contributed by atoms with E-state index in [1.54, 1.807) is 0 Å². The van der Waals surface area contributed by atoms with E-state index in [2.05, 4.69) is 4.98 Å². The van der Waals surface area contributed by atoms with Crippen molar-refractivity contribution in [3.05, 3.63) is 18.0 Å². The van der Waals surface area contributed by atoms with Gasteiger partial charge in [-0.1, -0.05) is 0 Å². The van der Waals surface area contributed by atoms with E-state index in [1.165, 1.54) is 0 Å². The quantitative estimate of drug-likeness (QED) is 0.845. The first-order chi connectivity index (χ1) is 10.3. The van der Waals surface area contributed by atoms with Gasteiger partial charge >= 0.3 is 0 Å². The fourth-order valence-electron chi connectivity index (χ4n) is 3.27. The van der Waals surface area contributed by atoms with Crippen molar-refractivity contribution in [3.63, 3.8) is 0 Å². The third-order valence-electron chi connectivity index (χ3n) is 4.53. The Hall–Kier alpha value is -1.75. The maximum Gasteiger partial charge on any atom is 0.163 e. The van der Waals surface area contributed by atoms with Gasteiger partial charge in [0.2, 0.25) is 0 Å². The van der Waals surface area contributed by atoms with Gasteiger partial charge in [-0.2, -0.15) is 0 Å². The van der Waals surface area contributed by atoms with Crippen molar-refractivity contribution < 1.29 is 9.47 Å². The summed E-state index contributed by atoms with van der Waals surface area (Å²) in [4.78, 5) is 8.23. The molecule has 5 nitrogen and oxygen atoms in total. The minimum Gasteiger partial charge on any atom is -0.489 e. The zero-order valence-corrected chi connectivity index (χ0v) is 12.1. The Balaban J connectivity index is 1.67. The van der Waals surface area contributed by atoms with Crippen LogP contribution in [0.5, 0.6) is 11.5 Å². The van der Waals surface area contributed by atoms with Crippen LogP contribution < -0.4 is 15.2 Å². The predicted molar refractivity (Wildman–Crippen MR) is 80.9 cm³/mol. The first kappa shape index (κ1) is 13.0. The molecule has 1 aromatic carbocycles. The zero-order chi connectivity index (χ0) is 14.2. The third-order valence-corrected chi connectivity index (χ3v) is 4.53. The number of aromatic nitrogens is 2. The first-order valence-electron chi connectivity index (χ1n) is 7.84. The van der Waals surface area contributed by atoms with E-state index >= 15 is 0 Å². The fraction of sp³-hybridized carbons (Fsp3) is 0.562. The number of benzene rings is 1. The number of nitrogens with two attached hydrogens (primary N) is 1. The number of fused-ring (bicyclic) bond motifs is 2. The predicted octanol–water partition coefficient (Wildman–Crippen LogP) is 2.71. The molecular formula is C16H21N3O2. The van der Waals surface area contributed by atoms with Crippen LogP contribution in [0, 0.1) is 0 Å². The second-order valence-electron chi connectivity index (χ2n) is 6.10. The Morgan fingerprint density at radius 1 is 1.05 bits per heavy atom. The standard InChI is InChI=1S/C16H21N3O2/c17-11-4-2-10(3-5-11)16-18-12-8-14-15(9-13(12)19-16)21-7-1-6-20-14/h8-11H,1-7,17H2,(H,18,19). The lowest BCUT2D eigenvalue weighted by Gasteiger charge is -2.24. The van der Waals surface area contributed by atoms with Crippen molar-refractivity contribution in [2.45, 2.75) is 44.1 Å². The largest absolute Gasteiger partial charge is 0.489 e. The Morgan fingerprint density at radius 2 is 1.76 bits per heavy atom. The van der Waals surface area contributed by atoms with Gasteiger partial charge in [0, 0.05) is 30.5 Å². The number of hydrogen-bond acceptors (Lipinski definition) is 4. The van der Waals surface area contributed by atoms with E-state index in [1.807, 2.05) is 12.1 Å². The molecular weight excluding hydrogens is 266 g/mol. The zero-order valence-electron chi connectivity index (χ0n) is 12.1. The Labute approximate surface area is 123 Å².